The first-order chi connectivity index (χ1) is 9.47. The summed E-state index contributed by atoms with van der Waals surface area (Å²) in [5.41, 5.74) is 7.48. The van der Waals surface area contributed by atoms with Crippen LogP contribution < -0.4 is 5.73 Å². The van der Waals surface area contributed by atoms with Gasteiger partial charge in [-0.1, -0.05) is 37.7 Å². The number of hydrogen-bond donors (Lipinski definition) is 2. The van der Waals surface area contributed by atoms with Crippen molar-refractivity contribution >= 4 is 23.4 Å². The van der Waals surface area contributed by atoms with E-state index in [1.807, 2.05) is 0 Å². The molecule has 0 bridgehead atoms. The normalized spacial score (nSPS) is 10.8. The highest BCUT2D eigenvalue weighted by Gasteiger charge is 2.08. The maximum absolute atomic E-state index is 10.9. The lowest BCUT2D eigenvalue weighted by Crippen LogP contribution is -2.01. The molecular weight excluding hydrogens is 270 g/mol. The number of nitrogen functional groups attached to an aromatic ring is 1. The molecule has 0 aromatic heterocycles. The number of benzene rings is 2. The first kappa shape index (κ1) is 14.5. The Bertz CT molecular complexity index is 621. The second-order valence-electron chi connectivity index (χ2n) is 4.88. The Kier molecular flexibility index (Phi) is 4.35. The summed E-state index contributed by atoms with van der Waals surface area (Å²) in [6.07, 6.45) is 0. The fraction of sp³-hybridized carbons (Fsp3) is 0.188. The maximum Gasteiger partial charge on any atom is 0.337 e. The number of carboxylic acids is 1. The van der Waals surface area contributed by atoms with E-state index in [4.69, 9.17) is 10.8 Å². The van der Waals surface area contributed by atoms with Crippen molar-refractivity contribution in [2.45, 2.75) is 29.6 Å². The predicted molar refractivity (Wildman–Crippen MR) is 82.5 cm³/mol. The second-order valence-corrected chi connectivity index (χ2v) is 6.03. The van der Waals surface area contributed by atoms with Gasteiger partial charge in [-0.05, 0) is 41.8 Å². The monoisotopic (exact) mass is 287 g/mol. The van der Waals surface area contributed by atoms with Crippen molar-refractivity contribution in [2.24, 2.45) is 0 Å². The van der Waals surface area contributed by atoms with E-state index in [1.165, 1.54) is 5.56 Å². The molecule has 104 valence electrons. The van der Waals surface area contributed by atoms with Crippen LogP contribution in [0, 0.1) is 0 Å². The maximum atomic E-state index is 10.9. The minimum absolute atomic E-state index is 0.143. The van der Waals surface area contributed by atoms with Gasteiger partial charge in [-0.15, -0.1) is 0 Å². The summed E-state index contributed by atoms with van der Waals surface area (Å²) in [6, 6.07) is 13.4. The molecule has 0 aliphatic heterocycles. The largest absolute Gasteiger partial charge is 0.478 e. The van der Waals surface area contributed by atoms with E-state index in [9.17, 15) is 4.79 Å². The third-order valence-corrected chi connectivity index (χ3v) is 4.03. The lowest BCUT2D eigenvalue weighted by molar-refractivity contribution is 0.0698. The minimum Gasteiger partial charge on any atom is -0.478 e. The molecule has 0 radical (unpaired) electrons. The zero-order valence-electron chi connectivity index (χ0n) is 11.5. The van der Waals surface area contributed by atoms with Crippen LogP contribution >= 0.6 is 11.8 Å². The molecule has 0 atom stereocenters. The number of rotatable bonds is 4. The fourth-order valence-corrected chi connectivity index (χ4v) is 2.72. The van der Waals surface area contributed by atoms with E-state index >= 15 is 0 Å². The zero-order valence-corrected chi connectivity index (χ0v) is 12.3. The molecule has 0 saturated heterocycles. The van der Waals surface area contributed by atoms with Crippen LogP contribution in [-0.2, 0) is 0 Å². The van der Waals surface area contributed by atoms with Crippen LogP contribution in [0.4, 0.5) is 5.69 Å². The number of carboxylic acid groups (broad SMARTS) is 1. The SMILES string of the molecule is CC(C)c1ccc(Sc2ccc(C(=O)O)c(N)c2)cc1. The molecule has 0 aliphatic carbocycles. The summed E-state index contributed by atoms with van der Waals surface area (Å²) in [6.45, 7) is 4.32. The molecule has 2 rings (SSSR count). The van der Waals surface area contributed by atoms with Crippen molar-refractivity contribution in [1.82, 2.24) is 0 Å². The molecule has 0 unspecified atom stereocenters. The van der Waals surface area contributed by atoms with Crippen LogP contribution in [-0.4, -0.2) is 11.1 Å². The van der Waals surface area contributed by atoms with Gasteiger partial charge in [0.1, 0.15) is 0 Å². The molecule has 3 N–H and O–H groups in total. The Labute approximate surface area is 122 Å². The molecule has 0 aliphatic rings. The quantitative estimate of drug-likeness (QED) is 0.825. The van der Waals surface area contributed by atoms with Crippen molar-refractivity contribution < 1.29 is 9.90 Å². The van der Waals surface area contributed by atoms with Crippen LogP contribution in [0.3, 0.4) is 0 Å². The summed E-state index contributed by atoms with van der Waals surface area (Å²) in [5, 5.41) is 8.94. The van der Waals surface area contributed by atoms with Gasteiger partial charge in [0.25, 0.3) is 0 Å². The summed E-state index contributed by atoms with van der Waals surface area (Å²) in [4.78, 5) is 12.9. The van der Waals surface area contributed by atoms with E-state index in [0.717, 1.165) is 9.79 Å². The van der Waals surface area contributed by atoms with Crippen molar-refractivity contribution in [1.29, 1.82) is 0 Å². The molecule has 2 aromatic carbocycles. The van der Waals surface area contributed by atoms with Gasteiger partial charge in [0, 0.05) is 15.5 Å². The Morgan fingerprint density at radius 1 is 1.10 bits per heavy atom. The van der Waals surface area contributed by atoms with Gasteiger partial charge in [0.2, 0.25) is 0 Å². The van der Waals surface area contributed by atoms with Crippen LogP contribution in [0.1, 0.15) is 35.7 Å². The minimum atomic E-state index is -1.000. The van der Waals surface area contributed by atoms with Gasteiger partial charge in [-0.3, -0.25) is 0 Å². The number of nitrogens with two attached hydrogens (primary N) is 1. The number of hydrogen-bond acceptors (Lipinski definition) is 3. The Balaban J connectivity index is 2.17. The van der Waals surface area contributed by atoms with Gasteiger partial charge in [-0.2, -0.15) is 0 Å². The molecule has 4 heteroatoms. The van der Waals surface area contributed by atoms with Crippen LogP contribution in [0.2, 0.25) is 0 Å². The molecule has 3 nitrogen and oxygen atoms in total. The Morgan fingerprint density at radius 2 is 1.70 bits per heavy atom. The lowest BCUT2D eigenvalue weighted by atomic mass is 10.0. The highest BCUT2D eigenvalue weighted by molar-refractivity contribution is 7.99. The van der Waals surface area contributed by atoms with Crippen molar-refractivity contribution in [3.8, 4) is 0 Å². The highest BCUT2D eigenvalue weighted by atomic mass is 32.2. The Morgan fingerprint density at radius 3 is 2.20 bits per heavy atom. The van der Waals surface area contributed by atoms with E-state index in [1.54, 1.807) is 30.0 Å². The van der Waals surface area contributed by atoms with Gasteiger partial charge in [0.05, 0.1) is 5.56 Å². The smallest absolute Gasteiger partial charge is 0.337 e. The predicted octanol–water partition coefficient (Wildman–Crippen LogP) is 4.24. The van der Waals surface area contributed by atoms with E-state index in [2.05, 4.69) is 38.1 Å². The lowest BCUT2D eigenvalue weighted by Gasteiger charge is -2.08. The number of anilines is 1. The third-order valence-electron chi connectivity index (χ3n) is 3.04. The molecule has 0 fully saturated rings. The standard InChI is InChI=1S/C16H17NO2S/c1-10(2)11-3-5-12(6-4-11)20-13-7-8-14(16(18)19)15(17)9-13/h3-10H,17H2,1-2H3,(H,18,19). The first-order valence-corrected chi connectivity index (χ1v) is 7.19. The zero-order chi connectivity index (χ0) is 14.7. The third kappa shape index (κ3) is 3.33. The van der Waals surface area contributed by atoms with Gasteiger partial charge in [0.15, 0.2) is 0 Å². The number of aromatic carboxylic acids is 1. The highest BCUT2D eigenvalue weighted by Crippen LogP contribution is 2.31. The van der Waals surface area contributed by atoms with Crippen LogP contribution in [0.25, 0.3) is 0 Å². The molecule has 0 spiro atoms. The molecule has 20 heavy (non-hydrogen) atoms. The number of carbonyl (C=O) groups is 1. The summed E-state index contributed by atoms with van der Waals surface area (Å²) in [5.74, 6) is -0.486. The molecule has 0 heterocycles. The van der Waals surface area contributed by atoms with Gasteiger partial charge in [-0.25, -0.2) is 4.79 Å². The second kappa shape index (κ2) is 6.01. The van der Waals surface area contributed by atoms with Crippen molar-refractivity contribution in [3.05, 3.63) is 53.6 Å². The van der Waals surface area contributed by atoms with Crippen LogP contribution in [0.5, 0.6) is 0 Å². The summed E-state index contributed by atoms with van der Waals surface area (Å²) >= 11 is 1.57. The molecule has 0 amide bonds. The van der Waals surface area contributed by atoms with Crippen molar-refractivity contribution in [2.75, 3.05) is 5.73 Å². The van der Waals surface area contributed by atoms with Crippen molar-refractivity contribution in [3.63, 3.8) is 0 Å². The topological polar surface area (TPSA) is 63.3 Å². The van der Waals surface area contributed by atoms with Gasteiger partial charge >= 0.3 is 5.97 Å². The van der Waals surface area contributed by atoms with E-state index in [-0.39, 0.29) is 5.56 Å². The summed E-state index contributed by atoms with van der Waals surface area (Å²) in [7, 11) is 0. The molecule has 2 aromatic rings. The molecule has 0 saturated carbocycles. The average molecular weight is 287 g/mol. The molecular formula is C16H17NO2S. The van der Waals surface area contributed by atoms with Gasteiger partial charge < -0.3 is 10.8 Å². The first-order valence-electron chi connectivity index (χ1n) is 6.38. The van der Waals surface area contributed by atoms with E-state index < -0.39 is 5.97 Å². The Hall–Kier alpha value is -1.94. The van der Waals surface area contributed by atoms with Crippen LogP contribution in [0.15, 0.2) is 52.3 Å². The fourth-order valence-electron chi connectivity index (χ4n) is 1.86. The average Bonchev–Trinajstić information content (AvgIpc) is 2.39. The van der Waals surface area contributed by atoms with E-state index in [0.29, 0.717) is 11.6 Å². The summed E-state index contributed by atoms with van der Waals surface area (Å²) < 4.78 is 0.